The minimum absolute atomic E-state index is 0.140. The summed E-state index contributed by atoms with van der Waals surface area (Å²) >= 11 is 11.5. The van der Waals surface area contributed by atoms with E-state index in [0.29, 0.717) is 10.6 Å². The summed E-state index contributed by atoms with van der Waals surface area (Å²) in [5, 5.41) is 9.02. The molecule has 100 valence electrons. The maximum atomic E-state index is 11.6. The molecule has 1 rings (SSSR count). The lowest BCUT2D eigenvalue weighted by Crippen LogP contribution is -2.27. The monoisotopic (exact) mass is 311 g/mol. The van der Waals surface area contributed by atoms with Gasteiger partial charge in [0.25, 0.3) is 0 Å². The van der Waals surface area contributed by atoms with Crippen molar-refractivity contribution in [3.05, 3.63) is 33.8 Å². The Morgan fingerprint density at radius 1 is 1.28 bits per heavy atom. The first-order valence-electron chi connectivity index (χ1n) is 4.93. The number of carboxylic acids is 1. The van der Waals surface area contributed by atoms with Gasteiger partial charge in [-0.15, -0.1) is 0 Å². The molecule has 0 saturated carbocycles. The summed E-state index contributed by atoms with van der Waals surface area (Å²) in [6.45, 7) is -0.140. The van der Waals surface area contributed by atoms with Gasteiger partial charge in [0, 0.05) is 6.54 Å². The summed E-state index contributed by atoms with van der Waals surface area (Å²) < 4.78 is 25.4. The summed E-state index contributed by atoms with van der Waals surface area (Å²) in [6, 6.07) is 4.51. The van der Waals surface area contributed by atoms with Crippen LogP contribution in [0.1, 0.15) is 12.0 Å². The molecule has 0 aliphatic rings. The summed E-state index contributed by atoms with van der Waals surface area (Å²) in [6.07, 6.45) is -0.263. The molecule has 0 aliphatic carbocycles. The topological polar surface area (TPSA) is 83.5 Å². The number of benzene rings is 1. The lowest BCUT2D eigenvalue weighted by molar-refractivity contribution is -0.136. The second-order valence-electron chi connectivity index (χ2n) is 3.55. The van der Waals surface area contributed by atoms with Crippen LogP contribution in [0, 0.1) is 0 Å². The highest BCUT2D eigenvalue weighted by Crippen LogP contribution is 2.23. The van der Waals surface area contributed by atoms with Crippen molar-refractivity contribution in [1.82, 2.24) is 4.72 Å². The fraction of sp³-hybridized carbons (Fsp3) is 0.300. The van der Waals surface area contributed by atoms with Crippen LogP contribution in [0.15, 0.2) is 18.2 Å². The molecule has 0 unspecified atom stereocenters. The number of hydrogen-bond donors (Lipinski definition) is 2. The van der Waals surface area contributed by atoms with Crippen LogP contribution in [-0.2, 0) is 20.6 Å². The van der Waals surface area contributed by atoms with Gasteiger partial charge in [-0.2, -0.15) is 0 Å². The first-order valence-corrected chi connectivity index (χ1v) is 7.34. The van der Waals surface area contributed by atoms with E-state index in [2.05, 4.69) is 4.72 Å². The average molecular weight is 312 g/mol. The van der Waals surface area contributed by atoms with Crippen molar-refractivity contribution in [3.8, 4) is 0 Å². The first kappa shape index (κ1) is 15.2. The minimum atomic E-state index is -3.57. The van der Waals surface area contributed by atoms with Gasteiger partial charge in [0.05, 0.1) is 22.2 Å². The lowest BCUT2D eigenvalue weighted by Gasteiger charge is -2.06. The third-order valence-electron chi connectivity index (χ3n) is 2.00. The molecule has 0 amide bonds. The smallest absolute Gasteiger partial charge is 0.304 e. The highest BCUT2D eigenvalue weighted by atomic mass is 35.5. The van der Waals surface area contributed by atoms with E-state index in [-0.39, 0.29) is 23.7 Å². The highest BCUT2D eigenvalue weighted by Gasteiger charge is 2.12. The number of hydrogen-bond acceptors (Lipinski definition) is 3. The normalized spacial score (nSPS) is 11.4. The fourth-order valence-corrected chi connectivity index (χ4v) is 2.67. The minimum Gasteiger partial charge on any atom is -0.481 e. The van der Waals surface area contributed by atoms with E-state index >= 15 is 0 Å². The van der Waals surface area contributed by atoms with E-state index in [9.17, 15) is 13.2 Å². The van der Waals surface area contributed by atoms with Crippen LogP contribution in [0.4, 0.5) is 0 Å². The van der Waals surface area contributed by atoms with E-state index in [1.165, 1.54) is 12.1 Å². The Kier molecular flexibility index (Phi) is 5.40. The van der Waals surface area contributed by atoms with Crippen LogP contribution in [-0.4, -0.2) is 26.0 Å². The lowest BCUT2D eigenvalue weighted by atomic mass is 10.2. The molecule has 5 nitrogen and oxygen atoms in total. The van der Waals surface area contributed by atoms with Crippen molar-refractivity contribution >= 4 is 39.2 Å². The second kappa shape index (κ2) is 6.38. The predicted molar refractivity (Wildman–Crippen MR) is 69.3 cm³/mol. The molecule has 0 atom stereocenters. The van der Waals surface area contributed by atoms with E-state index in [1.807, 2.05) is 0 Å². The Morgan fingerprint density at radius 3 is 2.50 bits per heavy atom. The number of sulfonamides is 1. The Hall–Kier alpha value is -0.820. The van der Waals surface area contributed by atoms with Crippen LogP contribution < -0.4 is 4.72 Å². The quantitative estimate of drug-likeness (QED) is 0.840. The number of nitrogens with one attached hydrogen (secondary N) is 1. The van der Waals surface area contributed by atoms with Gasteiger partial charge >= 0.3 is 5.97 Å². The maximum Gasteiger partial charge on any atom is 0.304 e. The van der Waals surface area contributed by atoms with Gasteiger partial charge in [0.1, 0.15) is 0 Å². The van der Waals surface area contributed by atoms with Crippen molar-refractivity contribution in [2.45, 2.75) is 12.2 Å². The molecule has 1 aromatic rings. The molecule has 0 bridgehead atoms. The van der Waals surface area contributed by atoms with E-state index in [4.69, 9.17) is 28.3 Å². The summed E-state index contributed by atoms with van der Waals surface area (Å²) in [5.41, 5.74) is 0.479. The van der Waals surface area contributed by atoms with Crippen molar-refractivity contribution < 1.29 is 18.3 Å². The zero-order chi connectivity index (χ0) is 13.8. The van der Waals surface area contributed by atoms with E-state index in [0.717, 1.165) is 0 Å². The molecule has 8 heteroatoms. The molecule has 2 N–H and O–H groups in total. The van der Waals surface area contributed by atoms with Crippen LogP contribution in [0.2, 0.25) is 10.0 Å². The Bertz CT molecular complexity index is 545. The van der Waals surface area contributed by atoms with Crippen molar-refractivity contribution in [2.24, 2.45) is 0 Å². The van der Waals surface area contributed by atoms with Gasteiger partial charge < -0.3 is 5.11 Å². The van der Waals surface area contributed by atoms with Crippen molar-refractivity contribution in [3.63, 3.8) is 0 Å². The standard InChI is InChI=1S/C10H11Cl2NO4S/c11-8-2-1-7(5-9(8)12)6-18(16,17)13-4-3-10(14)15/h1-2,5,13H,3-4,6H2,(H,14,15). The average Bonchev–Trinajstić information content (AvgIpc) is 2.22. The number of rotatable bonds is 6. The van der Waals surface area contributed by atoms with Crippen LogP contribution in [0.25, 0.3) is 0 Å². The Morgan fingerprint density at radius 2 is 1.94 bits per heavy atom. The van der Waals surface area contributed by atoms with Crippen molar-refractivity contribution in [1.29, 1.82) is 0 Å². The van der Waals surface area contributed by atoms with E-state index in [1.54, 1.807) is 6.07 Å². The maximum absolute atomic E-state index is 11.6. The molecule has 0 radical (unpaired) electrons. The first-order chi connectivity index (χ1) is 8.30. The summed E-state index contributed by atoms with van der Waals surface area (Å²) in [4.78, 5) is 10.3. The van der Waals surface area contributed by atoms with Crippen LogP contribution >= 0.6 is 23.2 Å². The largest absolute Gasteiger partial charge is 0.481 e. The molecule has 0 saturated heterocycles. The number of aliphatic carboxylic acids is 1. The summed E-state index contributed by atoms with van der Waals surface area (Å²) in [5.74, 6) is -1.34. The Balaban J connectivity index is 2.64. The molecular weight excluding hydrogens is 301 g/mol. The van der Waals surface area contributed by atoms with Gasteiger partial charge in [-0.3, -0.25) is 4.79 Å². The summed E-state index contributed by atoms with van der Waals surface area (Å²) in [7, 11) is -3.57. The predicted octanol–water partition coefficient (Wildman–Crippen LogP) is 1.89. The number of carboxylic acid groups (broad SMARTS) is 1. The molecule has 0 heterocycles. The third kappa shape index (κ3) is 5.22. The molecule has 0 fully saturated rings. The van der Waals surface area contributed by atoms with Gasteiger partial charge in [-0.05, 0) is 17.7 Å². The SMILES string of the molecule is O=C(O)CCNS(=O)(=O)Cc1ccc(Cl)c(Cl)c1. The number of halogens is 2. The number of carbonyl (C=O) groups is 1. The van der Waals surface area contributed by atoms with Crippen LogP contribution in [0.3, 0.4) is 0 Å². The zero-order valence-corrected chi connectivity index (χ0v) is 11.5. The Labute approximate surface area is 115 Å². The van der Waals surface area contributed by atoms with Crippen molar-refractivity contribution in [2.75, 3.05) is 6.54 Å². The van der Waals surface area contributed by atoms with Gasteiger partial charge in [0.2, 0.25) is 10.0 Å². The molecule has 0 spiro atoms. The molecule has 0 aliphatic heterocycles. The third-order valence-corrected chi connectivity index (χ3v) is 4.10. The second-order valence-corrected chi connectivity index (χ2v) is 6.17. The highest BCUT2D eigenvalue weighted by molar-refractivity contribution is 7.88. The molecule has 1 aromatic carbocycles. The molecule has 18 heavy (non-hydrogen) atoms. The van der Waals surface area contributed by atoms with Crippen LogP contribution in [0.5, 0.6) is 0 Å². The van der Waals surface area contributed by atoms with Gasteiger partial charge in [-0.25, -0.2) is 13.1 Å². The molecular formula is C10H11Cl2NO4S. The van der Waals surface area contributed by atoms with E-state index < -0.39 is 16.0 Å². The van der Waals surface area contributed by atoms with Gasteiger partial charge in [-0.1, -0.05) is 29.3 Å². The zero-order valence-electron chi connectivity index (χ0n) is 9.19. The van der Waals surface area contributed by atoms with Gasteiger partial charge in [0.15, 0.2) is 0 Å². The molecule has 0 aromatic heterocycles. The fourth-order valence-electron chi connectivity index (χ4n) is 1.21.